The summed E-state index contributed by atoms with van der Waals surface area (Å²) in [5, 5.41) is 9.16. The number of nitrogens with zero attached hydrogens (tertiary/aromatic N) is 2. The quantitative estimate of drug-likeness (QED) is 0.776. The highest BCUT2D eigenvalue weighted by molar-refractivity contribution is 5.93. The van der Waals surface area contributed by atoms with Gasteiger partial charge in [0.2, 0.25) is 0 Å². The van der Waals surface area contributed by atoms with Gasteiger partial charge in [0.15, 0.2) is 0 Å². The molecule has 1 heterocycles. The van der Waals surface area contributed by atoms with E-state index in [0.717, 1.165) is 0 Å². The molecular formula is C11H16N2O3. The van der Waals surface area contributed by atoms with Crippen LogP contribution in [-0.2, 0) is 7.05 Å². The number of hydrogen-bond acceptors (Lipinski definition) is 3. The molecule has 88 valence electrons. The third-order valence-electron chi connectivity index (χ3n) is 2.24. The second-order valence-electron chi connectivity index (χ2n) is 3.90. The largest absolute Gasteiger partial charge is 0.392 e. The Hall–Kier alpha value is -1.62. The summed E-state index contributed by atoms with van der Waals surface area (Å²) < 4.78 is 1.39. The predicted molar refractivity (Wildman–Crippen MR) is 60.3 cm³/mol. The number of pyridine rings is 1. The predicted octanol–water partition coefficient (Wildman–Crippen LogP) is -0.162. The van der Waals surface area contributed by atoms with Gasteiger partial charge in [-0.2, -0.15) is 0 Å². The molecule has 0 aliphatic rings. The fourth-order valence-corrected chi connectivity index (χ4v) is 1.38. The van der Waals surface area contributed by atoms with Gasteiger partial charge < -0.3 is 14.6 Å². The summed E-state index contributed by atoms with van der Waals surface area (Å²) >= 11 is 0. The molecule has 1 atom stereocenters. The van der Waals surface area contributed by atoms with Crippen molar-refractivity contribution in [1.29, 1.82) is 0 Å². The molecule has 0 bridgehead atoms. The number of carbonyl (C=O) groups excluding carboxylic acids is 1. The van der Waals surface area contributed by atoms with Crippen molar-refractivity contribution in [1.82, 2.24) is 9.47 Å². The normalized spacial score (nSPS) is 12.2. The molecule has 0 saturated heterocycles. The number of amides is 1. The third kappa shape index (κ3) is 2.93. The van der Waals surface area contributed by atoms with Crippen LogP contribution < -0.4 is 5.56 Å². The summed E-state index contributed by atoms with van der Waals surface area (Å²) in [5.74, 6) is -0.265. The van der Waals surface area contributed by atoms with Crippen LogP contribution in [0, 0.1) is 0 Å². The Balaban J connectivity index is 2.88. The Morgan fingerprint density at radius 3 is 2.75 bits per heavy atom. The second-order valence-corrected chi connectivity index (χ2v) is 3.90. The highest BCUT2D eigenvalue weighted by Crippen LogP contribution is 2.01. The van der Waals surface area contributed by atoms with E-state index < -0.39 is 6.10 Å². The minimum absolute atomic E-state index is 0.226. The standard InChI is InChI=1S/C11H16N2O3/c1-8(14)7-13(3)11(16)9-4-5-12(2)10(15)6-9/h4-6,8,14H,7H2,1-3H3. The topological polar surface area (TPSA) is 62.5 Å². The van der Waals surface area contributed by atoms with Crippen molar-refractivity contribution >= 4 is 5.91 Å². The Morgan fingerprint density at radius 2 is 2.25 bits per heavy atom. The molecular weight excluding hydrogens is 208 g/mol. The molecule has 0 aliphatic heterocycles. The van der Waals surface area contributed by atoms with Crippen LogP contribution in [0.25, 0.3) is 0 Å². The van der Waals surface area contributed by atoms with E-state index in [2.05, 4.69) is 0 Å². The second kappa shape index (κ2) is 4.94. The number of carbonyl (C=O) groups is 1. The molecule has 0 fully saturated rings. The number of hydrogen-bond donors (Lipinski definition) is 1. The number of likely N-dealkylation sites (N-methyl/N-ethyl adjacent to an activating group) is 1. The average Bonchev–Trinajstić information content (AvgIpc) is 2.20. The van der Waals surface area contributed by atoms with Crippen LogP contribution in [0.5, 0.6) is 0 Å². The maximum absolute atomic E-state index is 11.8. The molecule has 5 heteroatoms. The molecule has 1 N–H and O–H groups in total. The summed E-state index contributed by atoms with van der Waals surface area (Å²) in [6, 6.07) is 2.88. The first kappa shape index (κ1) is 12.4. The summed E-state index contributed by atoms with van der Waals surface area (Å²) in [7, 11) is 3.21. The zero-order chi connectivity index (χ0) is 12.3. The SMILES string of the molecule is CC(O)CN(C)C(=O)c1ccn(C)c(=O)c1. The van der Waals surface area contributed by atoms with Crippen LogP contribution >= 0.6 is 0 Å². The van der Waals surface area contributed by atoms with Gasteiger partial charge >= 0.3 is 0 Å². The van der Waals surface area contributed by atoms with Crippen LogP contribution in [0.2, 0.25) is 0 Å². The first-order valence-electron chi connectivity index (χ1n) is 5.02. The van der Waals surface area contributed by atoms with Crippen molar-refractivity contribution in [3.05, 3.63) is 34.2 Å². The molecule has 0 aliphatic carbocycles. The van der Waals surface area contributed by atoms with Gasteiger partial charge in [0.25, 0.3) is 11.5 Å². The Bertz CT molecular complexity index is 437. The highest BCUT2D eigenvalue weighted by atomic mass is 16.3. The van der Waals surface area contributed by atoms with Gasteiger partial charge in [0.05, 0.1) is 6.10 Å². The van der Waals surface area contributed by atoms with Crippen LogP contribution in [0.3, 0.4) is 0 Å². The lowest BCUT2D eigenvalue weighted by Gasteiger charge is -2.18. The molecule has 1 aromatic heterocycles. The fourth-order valence-electron chi connectivity index (χ4n) is 1.38. The molecule has 1 unspecified atom stereocenters. The van der Waals surface area contributed by atoms with Gasteiger partial charge in [-0.3, -0.25) is 9.59 Å². The first-order chi connectivity index (χ1) is 7.41. The number of aryl methyl sites for hydroxylation is 1. The number of aromatic nitrogens is 1. The molecule has 1 aromatic rings. The van der Waals surface area contributed by atoms with Crippen LogP contribution in [0.1, 0.15) is 17.3 Å². The van der Waals surface area contributed by atoms with Crippen LogP contribution in [-0.4, -0.2) is 40.2 Å². The number of aliphatic hydroxyl groups excluding tert-OH is 1. The minimum Gasteiger partial charge on any atom is -0.392 e. The lowest BCUT2D eigenvalue weighted by Crippen LogP contribution is -2.33. The Labute approximate surface area is 93.9 Å². The van der Waals surface area contributed by atoms with Gasteiger partial charge in [-0.05, 0) is 13.0 Å². The number of rotatable bonds is 3. The zero-order valence-corrected chi connectivity index (χ0v) is 9.67. The molecule has 1 rings (SSSR count). The van der Waals surface area contributed by atoms with E-state index >= 15 is 0 Å². The maximum Gasteiger partial charge on any atom is 0.253 e. The summed E-state index contributed by atoms with van der Waals surface area (Å²) in [4.78, 5) is 24.5. The summed E-state index contributed by atoms with van der Waals surface area (Å²) in [6.07, 6.45) is 0.965. The third-order valence-corrected chi connectivity index (χ3v) is 2.24. The Kier molecular flexibility index (Phi) is 3.84. The smallest absolute Gasteiger partial charge is 0.253 e. The van der Waals surface area contributed by atoms with E-state index in [9.17, 15) is 9.59 Å². The van der Waals surface area contributed by atoms with Gasteiger partial charge in [0, 0.05) is 38.5 Å². The molecule has 16 heavy (non-hydrogen) atoms. The summed E-state index contributed by atoms with van der Waals surface area (Å²) in [5.41, 5.74) is 0.113. The first-order valence-corrected chi connectivity index (χ1v) is 5.02. The van der Waals surface area contributed by atoms with Crippen molar-refractivity contribution in [3.63, 3.8) is 0 Å². The minimum atomic E-state index is -0.583. The number of aliphatic hydroxyl groups is 1. The molecule has 0 saturated carbocycles. The monoisotopic (exact) mass is 224 g/mol. The fraction of sp³-hybridized carbons (Fsp3) is 0.455. The lowest BCUT2D eigenvalue weighted by atomic mass is 10.2. The molecule has 5 nitrogen and oxygen atoms in total. The van der Waals surface area contributed by atoms with Crippen molar-refractivity contribution in [2.24, 2.45) is 7.05 Å². The van der Waals surface area contributed by atoms with E-state index in [1.54, 1.807) is 33.3 Å². The Morgan fingerprint density at radius 1 is 1.62 bits per heavy atom. The maximum atomic E-state index is 11.8. The van der Waals surface area contributed by atoms with Crippen molar-refractivity contribution in [2.45, 2.75) is 13.0 Å². The van der Waals surface area contributed by atoms with E-state index in [4.69, 9.17) is 5.11 Å². The van der Waals surface area contributed by atoms with Crippen molar-refractivity contribution < 1.29 is 9.90 Å². The van der Waals surface area contributed by atoms with Crippen molar-refractivity contribution in [3.8, 4) is 0 Å². The van der Waals surface area contributed by atoms with Crippen molar-refractivity contribution in [2.75, 3.05) is 13.6 Å². The lowest BCUT2D eigenvalue weighted by molar-refractivity contribution is 0.0703. The average molecular weight is 224 g/mol. The summed E-state index contributed by atoms with van der Waals surface area (Å²) in [6.45, 7) is 1.85. The highest BCUT2D eigenvalue weighted by Gasteiger charge is 2.13. The van der Waals surface area contributed by atoms with Gasteiger partial charge in [-0.25, -0.2) is 0 Å². The van der Waals surface area contributed by atoms with E-state index in [1.807, 2.05) is 0 Å². The van der Waals surface area contributed by atoms with E-state index in [0.29, 0.717) is 5.56 Å². The zero-order valence-electron chi connectivity index (χ0n) is 9.67. The molecule has 0 spiro atoms. The van der Waals surface area contributed by atoms with E-state index in [1.165, 1.54) is 15.5 Å². The van der Waals surface area contributed by atoms with Gasteiger partial charge in [-0.15, -0.1) is 0 Å². The van der Waals surface area contributed by atoms with Crippen LogP contribution in [0.15, 0.2) is 23.1 Å². The van der Waals surface area contributed by atoms with Crippen LogP contribution in [0.4, 0.5) is 0 Å². The molecule has 0 aromatic carbocycles. The van der Waals surface area contributed by atoms with Gasteiger partial charge in [0.1, 0.15) is 0 Å². The molecule has 0 radical (unpaired) electrons. The van der Waals surface area contributed by atoms with E-state index in [-0.39, 0.29) is 18.0 Å². The molecule has 1 amide bonds. The van der Waals surface area contributed by atoms with Gasteiger partial charge in [-0.1, -0.05) is 0 Å².